The third-order valence-corrected chi connectivity index (χ3v) is 3.82. The first-order valence-corrected chi connectivity index (χ1v) is 7.53. The molecule has 1 aromatic carbocycles. The molecule has 3 rings (SSSR count). The monoisotopic (exact) mass is 339 g/mol. The van der Waals surface area contributed by atoms with Gasteiger partial charge in [-0.15, -0.1) is 0 Å². The van der Waals surface area contributed by atoms with E-state index in [2.05, 4.69) is 0 Å². The summed E-state index contributed by atoms with van der Waals surface area (Å²) in [4.78, 5) is 14.0. The van der Waals surface area contributed by atoms with Crippen molar-refractivity contribution in [2.45, 2.75) is 19.2 Å². The van der Waals surface area contributed by atoms with Crippen LogP contribution in [0.25, 0.3) is 11.3 Å². The molecule has 0 N–H and O–H groups in total. The van der Waals surface area contributed by atoms with Crippen LogP contribution in [0.15, 0.2) is 40.8 Å². The van der Waals surface area contributed by atoms with Gasteiger partial charge in [0.25, 0.3) is 5.91 Å². The van der Waals surface area contributed by atoms with E-state index in [0.717, 1.165) is 12.1 Å². The quantitative estimate of drug-likeness (QED) is 0.835. The molecule has 0 aliphatic carbocycles. The average molecular weight is 339 g/mol. The van der Waals surface area contributed by atoms with E-state index in [1.165, 1.54) is 24.3 Å². The van der Waals surface area contributed by atoms with Gasteiger partial charge in [-0.1, -0.05) is 12.1 Å². The number of nitrogens with zero attached hydrogens (tertiary/aromatic N) is 1. The lowest BCUT2D eigenvalue weighted by molar-refractivity contribution is -0.137. The topological polar surface area (TPSA) is 42.7 Å². The van der Waals surface area contributed by atoms with Gasteiger partial charge in [0.2, 0.25) is 0 Å². The maximum atomic E-state index is 12.8. The zero-order valence-electron chi connectivity index (χ0n) is 13.0. The Morgan fingerprint density at radius 3 is 2.75 bits per heavy atom. The molecule has 1 aromatic heterocycles. The van der Waals surface area contributed by atoms with Crippen LogP contribution in [0, 0.1) is 0 Å². The molecule has 4 nitrogen and oxygen atoms in total. The third kappa shape index (κ3) is 3.46. The SMILES string of the molecule is CC1CN(C(=O)c2ccc(-c3cccc(C(F)(F)F)c3)o2)CCO1. The van der Waals surface area contributed by atoms with E-state index in [1.807, 2.05) is 6.92 Å². The van der Waals surface area contributed by atoms with Crippen molar-refractivity contribution in [1.29, 1.82) is 0 Å². The highest BCUT2D eigenvalue weighted by molar-refractivity contribution is 5.92. The molecule has 128 valence electrons. The van der Waals surface area contributed by atoms with Crippen LogP contribution in [-0.4, -0.2) is 36.6 Å². The normalized spacial score (nSPS) is 18.7. The summed E-state index contributed by atoms with van der Waals surface area (Å²) >= 11 is 0. The molecular weight excluding hydrogens is 323 g/mol. The van der Waals surface area contributed by atoms with E-state index in [4.69, 9.17) is 9.15 Å². The number of ether oxygens (including phenoxy) is 1. The van der Waals surface area contributed by atoms with Crippen LogP contribution in [-0.2, 0) is 10.9 Å². The summed E-state index contributed by atoms with van der Waals surface area (Å²) in [5.74, 6) is 0.0469. The smallest absolute Gasteiger partial charge is 0.416 e. The van der Waals surface area contributed by atoms with Crippen LogP contribution < -0.4 is 0 Å². The summed E-state index contributed by atoms with van der Waals surface area (Å²) in [6, 6.07) is 7.81. The van der Waals surface area contributed by atoms with Crippen molar-refractivity contribution in [2.75, 3.05) is 19.7 Å². The molecule has 1 aliphatic heterocycles. The Balaban J connectivity index is 1.82. The molecule has 24 heavy (non-hydrogen) atoms. The Labute approximate surface area is 136 Å². The number of carbonyl (C=O) groups is 1. The maximum absolute atomic E-state index is 12.8. The summed E-state index contributed by atoms with van der Waals surface area (Å²) in [7, 11) is 0. The van der Waals surface area contributed by atoms with Crippen LogP contribution in [0.1, 0.15) is 23.0 Å². The fourth-order valence-electron chi connectivity index (χ4n) is 2.62. The summed E-state index contributed by atoms with van der Waals surface area (Å²) < 4.78 is 49.3. The minimum Gasteiger partial charge on any atom is -0.451 e. The Morgan fingerprint density at radius 2 is 2.04 bits per heavy atom. The molecule has 1 saturated heterocycles. The van der Waals surface area contributed by atoms with Crippen molar-refractivity contribution in [1.82, 2.24) is 4.90 Å². The zero-order valence-corrected chi connectivity index (χ0v) is 13.0. The van der Waals surface area contributed by atoms with Gasteiger partial charge in [0.05, 0.1) is 18.3 Å². The van der Waals surface area contributed by atoms with Crippen LogP contribution in [0.2, 0.25) is 0 Å². The van der Waals surface area contributed by atoms with E-state index < -0.39 is 11.7 Å². The lowest BCUT2D eigenvalue weighted by Crippen LogP contribution is -2.44. The Kier molecular flexibility index (Phi) is 4.36. The number of hydrogen-bond acceptors (Lipinski definition) is 3. The van der Waals surface area contributed by atoms with Crippen LogP contribution in [0.5, 0.6) is 0 Å². The highest BCUT2D eigenvalue weighted by Gasteiger charge is 2.31. The first-order chi connectivity index (χ1) is 11.3. The summed E-state index contributed by atoms with van der Waals surface area (Å²) in [5, 5.41) is 0. The molecule has 7 heteroatoms. The molecule has 1 amide bonds. The summed E-state index contributed by atoms with van der Waals surface area (Å²) in [6.45, 7) is 3.24. The number of alkyl halides is 3. The van der Waals surface area contributed by atoms with Gasteiger partial charge in [-0.25, -0.2) is 0 Å². The first kappa shape index (κ1) is 16.6. The Hall–Kier alpha value is -2.28. The van der Waals surface area contributed by atoms with Gasteiger partial charge in [-0.3, -0.25) is 4.79 Å². The molecule has 1 fully saturated rings. The van der Waals surface area contributed by atoms with E-state index in [1.54, 1.807) is 4.90 Å². The zero-order chi connectivity index (χ0) is 17.3. The van der Waals surface area contributed by atoms with Crippen molar-refractivity contribution in [3.8, 4) is 11.3 Å². The number of morpholine rings is 1. The molecule has 0 saturated carbocycles. The highest BCUT2D eigenvalue weighted by Crippen LogP contribution is 2.32. The number of amides is 1. The van der Waals surface area contributed by atoms with E-state index >= 15 is 0 Å². The largest absolute Gasteiger partial charge is 0.451 e. The number of halogens is 3. The molecule has 2 heterocycles. The van der Waals surface area contributed by atoms with Crippen molar-refractivity contribution in [2.24, 2.45) is 0 Å². The number of benzene rings is 1. The van der Waals surface area contributed by atoms with Gasteiger partial charge in [0, 0.05) is 18.7 Å². The second-order valence-corrected chi connectivity index (χ2v) is 5.68. The Bertz CT molecular complexity index is 739. The summed E-state index contributed by atoms with van der Waals surface area (Å²) in [6.07, 6.45) is -4.48. The second kappa shape index (κ2) is 6.32. The van der Waals surface area contributed by atoms with Gasteiger partial charge in [-0.05, 0) is 31.2 Å². The minimum absolute atomic E-state index is 0.0550. The van der Waals surface area contributed by atoms with Crippen molar-refractivity contribution in [3.05, 3.63) is 47.7 Å². The standard InChI is InChI=1S/C17H16F3NO3/c1-11-10-21(7-8-23-11)16(22)15-6-5-14(24-15)12-3-2-4-13(9-12)17(18,19)20/h2-6,9,11H,7-8,10H2,1H3. The number of rotatable bonds is 2. The van der Waals surface area contributed by atoms with E-state index in [-0.39, 0.29) is 29.1 Å². The molecule has 0 radical (unpaired) electrons. The van der Waals surface area contributed by atoms with Crippen LogP contribution in [0.4, 0.5) is 13.2 Å². The third-order valence-electron chi connectivity index (χ3n) is 3.82. The second-order valence-electron chi connectivity index (χ2n) is 5.68. The number of furan rings is 1. The Morgan fingerprint density at radius 1 is 1.25 bits per heavy atom. The predicted molar refractivity (Wildman–Crippen MR) is 80.5 cm³/mol. The predicted octanol–water partition coefficient (Wildman–Crippen LogP) is 3.83. The molecule has 2 aromatic rings. The fraction of sp³-hybridized carbons (Fsp3) is 0.353. The lowest BCUT2D eigenvalue weighted by atomic mass is 10.1. The molecular formula is C17H16F3NO3. The van der Waals surface area contributed by atoms with E-state index in [9.17, 15) is 18.0 Å². The van der Waals surface area contributed by atoms with Crippen molar-refractivity contribution in [3.63, 3.8) is 0 Å². The lowest BCUT2D eigenvalue weighted by Gasteiger charge is -2.30. The summed E-state index contributed by atoms with van der Waals surface area (Å²) in [5.41, 5.74) is -0.481. The minimum atomic E-state index is -4.43. The molecule has 0 bridgehead atoms. The van der Waals surface area contributed by atoms with Gasteiger partial charge in [0.1, 0.15) is 5.76 Å². The van der Waals surface area contributed by atoms with Crippen LogP contribution >= 0.6 is 0 Å². The first-order valence-electron chi connectivity index (χ1n) is 7.53. The van der Waals surface area contributed by atoms with Crippen molar-refractivity contribution < 1.29 is 27.1 Å². The van der Waals surface area contributed by atoms with Crippen molar-refractivity contribution >= 4 is 5.91 Å². The average Bonchev–Trinajstić information content (AvgIpc) is 3.03. The fourth-order valence-corrected chi connectivity index (χ4v) is 2.62. The molecule has 1 atom stereocenters. The van der Waals surface area contributed by atoms with Gasteiger partial charge in [-0.2, -0.15) is 13.2 Å². The molecule has 0 spiro atoms. The van der Waals surface area contributed by atoms with Gasteiger partial charge >= 0.3 is 6.18 Å². The van der Waals surface area contributed by atoms with Gasteiger partial charge in [0.15, 0.2) is 5.76 Å². The van der Waals surface area contributed by atoms with Crippen LogP contribution in [0.3, 0.4) is 0 Å². The van der Waals surface area contributed by atoms with Gasteiger partial charge < -0.3 is 14.1 Å². The number of hydrogen-bond donors (Lipinski definition) is 0. The van der Waals surface area contributed by atoms with E-state index in [0.29, 0.717) is 19.7 Å². The molecule has 1 aliphatic rings. The molecule has 1 unspecified atom stereocenters. The maximum Gasteiger partial charge on any atom is 0.416 e. The number of carbonyl (C=O) groups excluding carboxylic acids is 1. The highest BCUT2D eigenvalue weighted by atomic mass is 19.4.